The third-order valence-corrected chi connectivity index (χ3v) is 7.57. The summed E-state index contributed by atoms with van der Waals surface area (Å²) in [6.07, 6.45) is 6.77. The molecule has 1 fully saturated rings. The topological polar surface area (TPSA) is 88.3 Å². The third-order valence-electron chi connectivity index (χ3n) is 6.78. The number of fused-ring (bicyclic) bond motifs is 1. The fourth-order valence-corrected chi connectivity index (χ4v) is 5.64. The van der Waals surface area contributed by atoms with E-state index in [1.165, 1.54) is 29.3 Å². The van der Waals surface area contributed by atoms with E-state index < -0.39 is 6.04 Å². The number of amides is 1. The first-order valence-corrected chi connectivity index (χ1v) is 13.6. The van der Waals surface area contributed by atoms with Crippen molar-refractivity contribution in [1.82, 2.24) is 20.4 Å². The van der Waals surface area contributed by atoms with Gasteiger partial charge < -0.3 is 9.73 Å². The molecule has 7 nitrogen and oxygen atoms in total. The number of ketones is 1. The Labute approximate surface area is 218 Å². The minimum Gasteiger partial charge on any atom is -0.408 e. The maximum Gasteiger partial charge on any atom is 0.286 e. The van der Waals surface area contributed by atoms with E-state index in [4.69, 9.17) is 4.42 Å². The van der Waals surface area contributed by atoms with Gasteiger partial charge in [-0.1, -0.05) is 69.1 Å². The van der Waals surface area contributed by atoms with Gasteiger partial charge in [0.05, 0.1) is 6.04 Å². The van der Waals surface area contributed by atoms with Crippen LogP contribution in [0.2, 0.25) is 0 Å². The first-order valence-electron chi connectivity index (χ1n) is 12.6. The van der Waals surface area contributed by atoms with Crippen LogP contribution in [-0.4, -0.2) is 51.7 Å². The summed E-state index contributed by atoms with van der Waals surface area (Å²) in [7, 11) is 0. The van der Waals surface area contributed by atoms with E-state index >= 15 is 0 Å². The minimum atomic E-state index is -0.624. The van der Waals surface area contributed by atoms with Gasteiger partial charge in [-0.05, 0) is 42.7 Å². The Morgan fingerprint density at radius 3 is 2.63 bits per heavy atom. The van der Waals surface area contributed by atoms with Crippen LogP contribution in [-0.2, 0) is 17.8 Å². The van der Waals surface area contributed by atoms with Gasteiger partial charge in [-0.15, -0.1) is 22.6 Å². The number of hydrogen-bond acceptors (Lipinski definition) is 7. The average Bonchev–Trinajstić information content (AvgIpc) is 3.32. The largest absolute Gasteiger partial charge is 0.408 e. The second kappa shape index (κ2) is 13.4. The van der Waals surface area contributed by atoms with Gasteiger partial charge in [0.1, 0.15) is 0 Å². The highest BCUT2D eigenvalue weighted by molar-refractivity contribution is 7.99. The Kier molecular flexibility index (Phi) is 10.6. The highest BCUT2D eigenvalue weighted by atomic mass is 35.5. The zero-order chi connectivity index (χ0) is 23.9. The lowest BCUT2D eigenvalue weighted by atomic mass is 9.88. The smallest absolute Gasteiger partial charge is 0.286 e. The molecule has 1 amide bonds. The number of benzene rings is 1. The number of carbonyl (C=O) groups excluding carboxylic acids is 2. The van der Waals surface area contributed by atoms with Gasteiger partial charge in [-0.3, -0.25) is 14.5 Å². The molecule has 1 saturated carbocycles. The molecule has 1 aromatic heterocycles. The molecule has 0 radical (unpaired) electrons. The van der Waals surface area contributed by atoms with E-state index in [1.54, 1.807) is 0 Å². The Morgan fingerprint density at radius 2 is 1.89 bits per heavy atom. The zero-order valence-corrected chi connectivity index (χ0v) is 22.3. The number of carbonyl (C=O) groups is 2. The number of hydrogen-bond donors (Lipinski definition) is 1. The van der Waals surface area contributed by atoms with Gasteiger partial charge in [0.15, 0.2) is 0 Å². The second-order valence-corrected chi connectivity index (χ2v) is 11.0. The fraction of sp³-hybridized carbons (Fsp3) is 0.615. The molecule has 1 atom stereocenters. The second-order valence-electron chi connectivity index (χ2n) is 9.91. The van der Waals surface area contributed by atoms with E-state index in [-0.39, 0.29) is 41.8 Å². The van der Waals surface area contributed by atoms with Crippen molar-refractivity contribution in [3.63, 3.8) is 0 Å². The third kappa shape index (κ3) is 7.79. The number of rotatable bonds is 10. The predicted octanol–water partition coefficient (Wildman–Crippen LogP) is 4.94. The first-order chi connectivity index (χ1) is 16.5. The van der Waals surface area contributed by atoms with Crippen LogP contribution < -0.4 is 5.32 Å². The summed E-state index contributed by atoms with van der Waals surface area (Å²) in [6, 6.07) is 7.99. The van der Waals surface area contributed by atoms with Crippen LogP contribution >= 0.6 is 24.2 Å². The van der Waals surface area contributed by atoms with E-state index in [2.05, 4.69) is 44.7 Å². The van der Waals surface area contributed by atoms with Gasteiger partial charge in [-0.25, -0.2) is 0 Å². The monoisotopic (exact) mass is 520 g/mol. The Hall–Kier alpha value is -1.90. The van der Waals surface area contributed by atoms with Crippen molar-refractivity contribution in [3.05, 3.63) is 41.3 Å². The highest BCUT2D eigenvalue weighted by Gasteiger charge is 2.30. The highest BCUT2D eigenvalue weighted by Crippen LogP contribution is 2.25. The van der Waals surface area contributed by atoms with Gasteiger partial charge in [0.25, 0.3) is 11.1 Å². The van der Waals surface area contributed by atoms with Crippen LogP contribution in [0.1, 0.15) is 74.2 Å². The summed E-state index contributed by atoms with van der Waals surface area (Å²) in [5, 5.41) is 11.5. The number of halogens is 1. The van der Waals surface area contributed by atoms with Gasteiger partial charge in [-0.2, -0.15) is 0 Å². The van der Waals surface area contributed by atoms with Crippen molar-refractivity contribution in [2.45, 2.75) is 76.6 Å². The molecular weight excluding hydrogens is 484 g/mol. The normalized spacial score (nSPS) is 17.5. The Balaban J connectivity index is 0.00000342. The van der Waals surface area contributed by atoms with Gasteiger partial charge >= 0.3 is 0 Å². The first kappa shape index (κ1) is 27.7. The Bertz CT molecular complexity index is 977. The van der Waals surface area contributed by atoms with Gasteiger partial charge in [0, 0.05) is 31.3 Å². The molecule has 1 N–H and O–H groups in total. The van der Waals surface area contributed by atoms with Gasteiger partial charge in [0.2, 0.25) is 11.7 Å². The number of aromatic nitrogens is 2. The van der Waals surface area contributed by atoms with E-state index in [1.807, 2.05) is 13.8 Å². The molecular formula is C26H37ClN4O3S. The molecule has 0 spiro atoms. The molecule has 35 heavy (non-hydrogen) atoms. The van der Waals surface area contributed by atoms with Crippen molar-refractivity contribution >= 4 is 35.9 Å². The molecule has 0 saturated heterocycles. The molecule has 0 bridgehead atoms. The predicted molar refractivity (Wildman–Crippen MR) is 140 cm³/mol. The summed E-state index contributed by atoms with van der Waals surface area (Å²) in [5.74, 6) is 0.759. The molecule has 1 aliphatic carbocycles. The fourth-order valence-electron chi connectivity index (χ4n) is 4.88. The molecule has 2 heterocycles. The van der Waals surface area contributed by atoms with Crippen molar-refractivity contribution in [2.75, 3.05) is 18.8 Å². The van der Waals surface area contributed by atoms with Crippen LogP contribution in [0.15, 0.2) is 33.9 Å². The summed E-state index contributed by atoms with van der Waals surface area (Å²) < 4.78 is 5.70. The average molecular weight is 521 g/mol. The summed E-state index contributed by atoms with van der Waals surface area (Å²) >= 11 is 1.47. The van der Waals surface area contributed by atoms with E-state index in [0.29, 0.717) is 11.6 Å². The molecule has 2 aromatic rings. The number of nitrogens with one attached hydrogen (secondary N) is 1. The van der Waals surface area contributed by atoms with Crippen LogP contribution in [0.3, 0.4) is 0 Å². The van der Waals surface area contributed by atoms with Crippen LogP contribution in [0.4, 0.5) is 0 Å². The molecule has 1 aliphatic heterocycles. The summed E-state index contributed by atoms with van der Waals surface area (Å²) in [6.45, 7) is 7.00. The van der Waals surface area contributed by atoms with Crippen molar-refractivity contribution in [1.29, 1.82) is 0 Å². The van der Waals surface area contributed by atoms with Crippen molar-refractivity contribution in [3.8, 4) is 0 Å². The number of nitrogens with zero attached hydrogens (tertiary/aromatic N) is 3. The number of thioether (sulfide) groups is 1. The maximum absolute atomic E-state index is 13.1. The molecule has 2 aliphatic rings. The molecule has 9 heteroatoms. The molecule has 1 unspecified atom stereocenters. The zero-order valence-electron chi connectivity index (χ0n) is 20.7. The quantitative estimate of drug-likeness (QED) is 0.350. The van der Waals surface area contributed by atoms with E-state index in [9.17, 15) is 9.59 Å². The Morgan fingerprint density at radius 1 is 1.14 bits per heavy atom. The standard InChI is InChI=1S/C26H36N4O3S.ClH/c1-18(2)16-22(27-24(32)20-9-4-3-5-10-20)23(31)25-28-29-26(33-25)34-15-14-30-13-12-19-8-6-7-11-21(19)17-30;/h6-8,11,18,20,22H,3-5,9-10,12-17H2,1-2H3,(H,27,32);1H. The minimum absolute atomic E-state index is 0. The van der Waals surface area contributed by atoms with Crippen molar-refractivity contribution in [2.24, 2.45) is 11.8 Å². The summed E-state index contributed by atoms with van der Waals surface area (Å²) in [4.78, 5) is 28.3. The van der Waals surface area contributed by atoms with Crippen LogP contribution in [0.5, 0.6) is 0 Å². The lowest BCUT2D eigenvalue weighted by Gasteiger charge is -2.28. The maximum atomic E-state index is 13.1. The lowest BCUT2D eigenvalue weighted by Crippen LogP contribution is -2.45. The summed E-state index contributed by atoms with van der Waals surface area (Å²) in [5.41, 5.74) is 2.84. The van der Waals surface area contributed by atoms with Crippen LogP contribution in [0, 0.1) is 11.8 Å². The van der Waals surface area contributed by atoms with E-state index in [0.717, 1.165) is 57.5 Å². The van der Waals surface area contributed by atoms with Crippen molar-refractivity contribution < 1.29 is 14.0 Å². The SMILES string of the molecule is CC(C)CC(NC(=O)C1CCCCC1)C(=O)c1nnc(SCCN2CCc3ccccc3C2)o1.Cl. The molecule has 1 aromatic carbocycles. The van der Waals surface area contributed by atoms with Crippen LogP contribution in [0.25, 0.3) is 0 Å². The molecule has 4 rings (SSSR count). The molecule has 192 valence electrons. The number of Topliss-reactive ketones (excluding diaryl/α,β-unsaturated/α-hetero) is 1. The lowest BCUT2D eigenvalue weighted by molar-refractivity contribution is -0.126.